The maximum Gasteiger partial charge on any atom is 0.218 e. The molecule has 0 aliphatic rings. The lowest BCUT2D eigenvalue weighted by molar-refractivity contribution is 0.397. The predicted molar refractivity (Wildman–Crippen MR) is 75.7 cm³/mol. The molecule has 0 aliphatic carbocycles. The van der Waals surface area contributed by atoms with Gasteiger partial charge in [-0.3, -0.25) is 0 Å². The van der Waals surface area contributed by atoms with Crippen LogP contribution in [0.4, 0.5) is 11.5 Å². The first kappa shape index (κ1) is 13.3. The fourth-order valence-electron chi connectivity index (χ4n) is 1.78. The Kier molecular flexibility index (Phi) is 4.69. The third kappa shape index (κ3) is 3.93. The summed E-state index contributed by atoms with van der Waals surface area (Å²) in [7, 11) is 1.58. The van der Waals surface area contributed by atoms with Gasteiger partial charge >= 0.3 is 0 Å². The molecule has 19 heavy (non-hydrogen) atoms. The van der Waals surface area contributed by atoms with Gasteiger partial charge in [-0.1, -0.05) is 12.1 Å². The van der Waals surface area contributed by atoms with E-state index in [1.54, 1.807) is 13.2 Å². The van der Waals surface area contributed by atoms with Crippen LogP contribution in [-0.2, 0) is 6.42 Å². The van der Waals surface area contributed by atoms with Gasteiger partial charge in [-0.15, -0.1) is 0 Å². The maximum atomic E-state index is 5.52. The molecule has 1 heterocycles. The number of methoxy groups -OCH3 is 1. The Morgan fingerprint density at radius 3 is 2.95 bits per heavy atom. The van der Waals surface area contributed by atoms with Gasteiger partial charge in [0.25, 0.3) is 0 Å². The summed E-state index contributed by atoms with van der Waals surface area (Å²) in [6, 6.07) is 9.98. The smallest absolute Gasteiger partial charge is 0.218 e. The van der Waals surface area contributed by atoms with Crippen LogP contribution in [0.25, 0.3) is 0 Å². The van der Waals surface area contributed by atoms with Crippen molar-refractivity contribution in [1.29, 1.82) is 0 Å². The van der Waals surface area contributed by atoms with E-state index in [1.165, 1.54) is 11.9 Å². The number of nitrogens with zero attached hydrogens (tertiary/aromatic N) is 2. The van der Waals surface area contributed by atoms with Crippen LogP contribution in [0, 0.1) is 0 Å². The van der Waals surface area contributed by atoms with E-state index in [4.69, 9.17) is 10.5 Å². The normalized spacial score (nSPS) is 10.2. The Morgan fingerprint density at radius 2 is 2.16 bits per heavy atom. The molecule has 1 aromatic heterocycles. The molecule has 0 bridgehead atoms. The fraction of sp³-hybridized carbons (Fsp3) is 0.286. The van der Waals surface area contributed by atoms with Crippen LogP contribution in [0.1, 0.15) is 12.0 Å². The van der Waals surface area contributed by atoms with Crippen molar-refractivity contribution in [3.63, 3.8) is 0 Å². The Bertz CT molecular complexity index is 530. The van der Waals surface area contributed by atoms with Crippen LogP contribution in [0.2, 0.25) is 0 Å². The van der Waals surface area contributed by atoms with Gasteiger partial charge in [-0.05, 0) is 37.1 Å². The molecular formula is C14H18N4O. The van der Waals surface area contributed by atoms with Crippen LogP contribution in [0.5, 0.6) is 5.88 Å². The van der Waals surface area contributed by atoms with Gasteiger partial charge in [-0.2, -0.15) is 0 Å². The number of aromatic nitrogens is 2. The molecule has 0 saturated carbocycles. The van der Waals surface area contributed by atoms with Crippen LogP contribution < -0.4 is 15.8 Å². The van der Waals surface area contributed by atoms with E-state index in [9.17, 15) is 0 Å². The van der Waals surface area contributed by atoms with Crippen molar-refractivity contribution < 1.29 is 4.74 Å². The minimum atomic E-state index is 0.539. The summed E-state index contributed by atoms with van der Waals surface area (Å²) in [4.78, 5) is 8.12. The summed E-state index contributed by atoms with van der Waals surface area (Å²) in [5.41, 5.74) is 7.78. The number of hydrogen-bond acceptors (Lipinski definition) is 5. The molecule has 2 rings (SSSR count). The van der Waals surface area contributed by atoms with Crippen molar-refractivity contribution in [3.05, 3.63) is 42.2 Å². The molecule has 0 radical (unpaired) electrons. The Labute approximate surface area is 112 Å². The van der Waals surface area contributed by atoms with Crippen molar-refractivity contribution in [2.45, 2.75) is 12.8 Å². The minimum absolute atomic E-state index is 0.539. The molecule has 100 valence electrons. The lowest BCUT2D eigenvalue weighted by Gasteiger charge is -2.08. The lowest BCUT2D eigenvalue weighted by atomic mass is 10.1. The van der Waals surface area contributed by atoms with Crippen molar-refractivity contribution in [2.75, 3.05) is 19.0 Å². The number of hydrogen-bond donors (Lipinski definition) is 2. The molecule has 0 amide bonds. The highest BCUT2D eigenvalue weighted by Crippen LogP contribution is 2.18. The molecule has 3 N–H and O–H groups in total. The van der Waals surface area contributed by atoms with Crippen LogP contribution >= 0.6 is 0 Å². The molecule has 0 fully saturated rings. The number of aryl methyl sites for hydroxylation is 1. The summed E-state index contributed by atoms with van der Waals surface area (Å²) in [5.74, 6) is 1.25. The zero-order valence-electron chi connectivity index (χ0n) is 11.0. The lowest BCUT2D eigenvalue weighted by Crippen LogP contribution is -2.01. The van der Waals surface area contributed by atoms with Crippen molar-refractivity contribution in [3.8, 4) is 5.88 Å². The average molecular weight is 258 g/mol. The Balaban J connectivity index is 2.09. The van der Waals surface area contributed by atoms with E-state index in [0.29, 0.717) is 18.2 Å². The highest BCUT2D eigenvalue weighted by molar-refractivity contribution is 5.57. The first-order valence-electron chi connectivity index (χ1n) is 6.24. The number of anilines is 2. The number of nitrogens with two attached hydrogens (primary N) is 1. The van der Waals surface area contributed by atoms with E-state index < -0.39 is 0 Å². The van der Waals surface area contributed by atoms with Gasteiger partial charge in [-0.25, -0.2) is 9.97 Å². The van der Waals surface area contributed by atoms with Gasteiger partial charge in [0.15, 0.2) is 0 Å². The summed E-state index contributed by atoms with van der Waals surface area (Å²) in [6.45, 7) is 0.709. The molecule has 0 atom stereocenters. The van der Waals surface area contributed by atoms with Crippen molar-refractivity contribution in [1.82, 2.24) is 9.97 Å². The van der Waals surface area contributed by atoms with Crippen LogP contribution in [0.15, 0.2) is 36.7 Å². The molecule has 5 nitrogen and oxygen atoms in total. The zero-order chi connectivity index (χ0) is 13.5. The summed E-state index contributed by atoms with van der Waals surface area (Å²) >= 11 is 0. The summed E-state index contributed by atoms with van der Waals surface area (Å²) in [5, 5.41) is 3.23. The number of benzene rings is 1. The number of rotatable bonds is 6. The Morgan fingerprint density at radius 1 is 1.26 bits per heavy atom. The van der Waals surface area contributed by atoms with Crippen LogP contribution in [0.3, 0.4) is 0 Å². The molecule has 0 unspecified atom stereocenters. The SMILES string of the molecule is COc1cc(Nc2cccc(CCCN)c2)ncn1. The van der Waals surface area contributed by atoms with E-state index in [-0.39, 0.29) is 0 Å². The van der Waals surface area contributed by atoms with E-state index >= 15 is 0 Å². The first-order valence-corrected chi connectivity index (χ1v) is 6.24. The van der Waals surface area contributed by atoms with E-state index in [1.807, 2.05) is 12.1 Å². The molecule has 0 aliphatic heterocycles. The van der Waals surface area contributed by atoms with E-state index in [0.717, 1.165) is 18.5 Å². The second-order valence-corrected chi connectivity index (χ2v) is 4.16. The first-order chi connectivity index (χ1) is 9.31. The van der Waals surface area contributed by atoms with Crippen molar-refractivity contribution >= 4 is 11.5 Å². The van der Waals surface area contributed by atoms with E-state index in [2.05, 4.69) is 27.4 Å². The van der Waals surface area contributed by atoms with Gasteiger partial charge < -0.3 is 15.8 Å². The number of nitrogens with one attached hydrogen (secondary N) is 1. The van der Waals surface area contributed by atoms with Crippen LogP contribution in [-0.4, -0.2) is 23.6 Å². The summed E-state index contributed by atoms with van der Waals surface area (Å²) in [6.07, 6.45) is 3.45. The fourth-order valence-corrected chi connectivity index (χ4v) is 1.78. The Hall–Kier alpha value is -2.14. The topological polar surface area (TPSA) is 73.1 Å². The third-order valence-corrected chi connectivity index (χ3v) is 2.72. The van der Waals surface area contributed by atoms with Gasteiger partial charge in [0.2, 0.25) is 5.88 Å². The second kappa shape index (κ2) is 6.70. The molecule has 2 aromatic rings. The molecule has 1 aromatic carbocycles. The highest BCUT2D eigenvalue weighted by Gasteiger charge is 2.00. The maximum absolute atomic E-state index is 5.52. The largest absolute Gasteiger partial charge is 0.481 e. The standard InChI is InChI=1S/C14H18N4O/c1-19-14-9-13(16-10-17-14)18-12-6-2-4-11(8-12)5-3-7-15/h2,4,6,8-10H,3,5,7,15H2,1H3,(H,16,17,18). The third-order valence-electron chi connectivity index (χ3n) is 2.72. The highest BCUT2D eigenvalue weighted by atomic mass is 16.5. The monoisotopic (exact) mass is 258 g/mol. The van der Waals surface area contributed by atoms with Gasteiger partial charge in [0.05, 0.1) is 7.11 Å². The van der Waals surface area contributed by atoms with Crippen molar-refractivity contribution in [2.24, 2.45) is 5.73 Å². The predicted octanol–water partition coefficient (Wildman–Crippen LogP) is 2.12. The second-order valence-electron chi connectivity index (χ2n) is 4.16. The number of ether oxygens (including phenoxy) is 1. The zero-order valence-corrected chi connectivity index (χ0v) is 11.0. The molecule has 0 spiro atoms. The minimum Gasteiger partial charge on any atom is -0.481 e. The molecular weight excluding hydrogens is 240 g/mol. The van der Waals surface area contributed by atoms with Gasteiger partial charge in [0.1, 0.15) is 12.1 Å². The summed E-state index contributed by atoms with van der Waals surface area (Å²) < 4.78 is 5.06. The molecule has 5 heteroatoms. The average Bonchev–Trinajstić information content (AvgIpc) is 2.46. The molecule has 0 saturated heterocycles. The quantitative estimate of drug-likeness (QED) is 0.830. The van der Waals surface area contributed by atoms with Gasteiger partial charge in [0, 0.05) is 11.8 Å².